The van der Waals surface area contributed by atoms with Gasteiger partial charge in [0.2, 0.25) is 5.91 Å². The van der Waals surface area contributed by atoms with Crippen LogP contribution in [-0.4, -0.2) is 21.9 Å². The van der Waals surface area contributed by atoms with Crippen LogP contribution in [0.25, 0.3) is 0 Å². The molecule has 1 aromatic carbocycles. The molecule has 1 aliphatic carbocycles. The summed E-state index contributed by atoms with van der Waals surface area (Å²) in [4.78, 5) is 13.0. The summed E-state index contributed by atoms with van der Waals surface area (Å²) in [5, 5.41) is 2.85. The highest BCUT2D eigenvalue weighted by Gasteiger charge is 2.35. The molecule has 0 aromatic heterocycles. The molecule has 4 nitrogen and oxygen atoms in total. The van der Waals surface area contributed by atoms with E-state index < -0.39 is 16.3 Å². The van der Waals surface area contributed by atoms with Gasteiger partial charge in [-0.1, -0.05) is 25.3 Å². The number of amides is 1. The van der Waals surface area contributed by atoms with E-state index >= 15 is 0 Å². The molecule has 20 heavy (non-hydrogen) atoms. The highest BCUT2D eigenvalue weighted by molar-refractivity contribution is 7.84. The van der Waals surface area contributed by atoms with E-state index in [1.807, 2.05) is 0 Å². The molecule has 0 heterocycles. The lowest BCUT2D eigenvalue weighted by Crippen LogP contribution is -2.52. The number of carbonyl (C=O) groups excluding carboxylic acids is 1. The number of halogens is 1. The Labute approximate surface area is 128 Å². The summed E-state index contributed by atoms with van der Waals surface area (Å²) in [5.74, 6) is -0.133. The second-order valence-electron chi connectivity index (χ2n) is 5.15. The Balaban J connectivity index is 0.00000200. The molecule has 2 rings (SSSR count). The van der Waals surface area contributed by atoms with Gasteiger partial charge in [-0.25, -0.2) is 0 Å². The Kier molecular flexibility index (Phi) is 6.17. The highest BCUT2D eigenvalue weighted by Crippen LogP contribution is 2.27. The normalized spacial score (nSPS) is 18.7. The standard InChI is InChI=1S/C14H20N2O2S.ClH/c1-19(18)12-7-5-6-11(10-12)16-13(17)14(15)8-3-2-4-9-14;/h5-7,10H,2-4,8-9,15H2,1H3,(H,16,17);1H. The maximum atomic E-state index is 12.3. The van der Waals surface area contributed by atoms with Crippen molar-refractivity contribution in [1.82, 2.24) is 0 Å². The van der Waals surface area contributed by atoms with Crippen LogP contribution in [0.1, 0.15) is 32.1 Å². The van der Waals surface area contributed by atoms with Gasteiger partial charge in [-0.05, 0) is 31.0 Å². The zero-order chi connectivity index (χ0) is 13.9. The van der Waals surface area contributed by atoms with Gasteiger partial charge >= 0.3 is 0 Å². The van der Waals surface area contributed by atoms with Gasteiger partial charge in [0.25, 0.3) is 0 Å². The molecule has 112 valence electrons. The van der Waals surface area contributed by atoms with Crippen LogP contribution >= 0.6 is 12.4 Å². The molecule has 1 amide bonds. The van der Waals surface area contributed by atoms with Crippen molar-refractivity contribution in [3.63, 3.8) is 0 Å². The first-order valence-corrected chi connectivity index (χ1v) is 8.11. The van der Waals surface area contributed by atoms with Gasteiger partial charge in [0.15, 0.2) is 0 Å². The number of benzene rings is 1. The zero-order valence-corrected chi connectivity index (χ0v) is 13.2. The summed E-state index contributed by atoms with van der Waals surface area (Å²) in [7, 11) is -1.05. The van der Waals surface area contributed by atoms with Crippen molar-refractivity contribution in [2.45, 2.75) is 42.5 Å². The first kappa shape index (κ1) is 17.1. The molecule has 1 unspecified atom stereocenters. The molecule has 1 saturated carbocycles. The number of hydrogen-bond acceptors (Lipinski definition) is 3. The van der Waals surface area contributed by atoms with E-state index in [1.54, 1.807) is 30.5 Å². The van der Waals surface area contributed by atoms with Gasteiger partial charge < -0.3 is 11.1 Å². The fourth-order valence-electron chi connectivity index (χ4n) is 2.42. The van der Waals surface area contributed by atoms with Gasteiger partial charge in [0.1, 0.15) is 0 Å². The van der Waals surface area contributed by atoms with Crippen LogP contribution in [0, 0.1) is 0 Å². The third-order valence-corrected chi connectivity index (χ3v) is 4.54. The number of carbonyl (C=O) groups is 1. The molecule has 0 radical (unpaired) electrons. The molecule has 0 bridgehead atoms. The summed E-state index contributed by atoms with van der Waals surface area (Å²) in [5.41, 5.74) is 6.09. The van der Waals surface area contributed by atoms with E-state index in [-0.39, 0.29) is 18.3 Å². The van der Waals surface area contributed by atoms with Crippen LogP contribution in [0.4, 0.5) is 5.69 Å². The van der Waals surface area contributed by atoms with Crippen LogP contribution in [0.15, 0.2) is 29.2 Å². The quantitative estimate of drug-likeness (QED) is 0.899. The molecule has 6 heteroatoms. The predicted octanol–water partition coefficient (Wildman–Crippen LogP) is 2.45. The average molecular weight is 317 g/mol. The Morgan fingerprint density at radius 2 is 1.95 bits per heavy atom. The van der Waals surface area contributed by atoms with Gasteiger partial charge in [-0.3, -0.25) is 9.00 Å². The molecule has 1 aliphatic rings. The molecule has 1 aromatic rings. The highest BCUT2D eigenvalue weighted by atomic mass is 35.5. The molecular formula is C14H21ClN2O2S. The van der Waals surface area contributed by atoms with Crippen LogP contribution in [0.2, 0.25) is 0 Å². The summed E-state index contributed by atoms with van der Waals surface area (Å²) < 4.78 is 11.4. The molecule has 3 N–H and O–H groups in total. The smallest absolute Gasteiger partial charge is 0.244 e. The first-order chi connectivity index (χ1) is 9.01. The largest absolute Gasteiger partial charge is 0.324 e. The average Bonchev–Trinajstić information content (AvgIpc) is 2.40. The van der Waals surface area contributed by atoms with Crippen molar-refractivity contribution >= 4 is 34.8 Å². The fourth-order valence-corrected chi connectivity index (χ4v) is 2.98. The first-order valence-electron chi connectivity index (χ1n) is 6.55. The van der Waals surface area contributed by atoms with E-state index in [1.165, 1.54) is 0 Å². The van der Waals surface area contributed by atoms with Gasteiger partial charge in [0.05, 0.1) is 5.54 Å². The molecule has 1 fully saturated rings. The van der Waals surface area contributed by atoms with Gasteiger partial charge in [-0.15, -0.1) is 12.4 Å². The third-order valence-electron chi connectivity index (χ3n) is 3.62. The summed E-state index contributed by atoms with van der Waals surface area (Å²) in [6, 6.07) is 7.10. The lowest BCUT2D eigenvalue weighted by Gasteiger charge is -2.31. The molecule has 0 saturated heterocycles. The second kappa shape index (κ2) is 7.20. The monoisotopic (exact) mass is 316 g/mol. The topological polar surface area (TPSA) is 72.2 Å². The van der Waals surface area contributed by atoms with E-state index in [0.29, 0.717) is 10.6 Å². The minimum atomic E-state index is -1.05. The maximum Gasteiger partial charge on any atom is 0.244 e. The lowest BCUT2D eigenvalue weighted by molar-refractivity contribution is -0.122. The molecule has 0 aliphatic heterocycles. The van der Waals surface area contributed by atoms with Crippen LogP contribution < -0.4 is 11.1 Å². The Morgan fingerprint density at radius 3 is 2.55 bits per heavy atom. The van der Waals surface area contributed by atoms with Crippen LogP contribution in [-0.2, 0) is 15.6 Å². The second-order valence-corrected chi connectivity index (χ2v) is 6.53. The lowest BCUT2D eigenvalue weighted by atomic mass is 9.82. The summed E-state index contributed by atoms with van der Waals surface area (Å²) in [6.07, 6.45) is 6.24. The van der Waals surface area contributed by atoms with Gasteiger partial charge in [-0.2, -0.15) is 0 Å². The summed E-state index contributed by atoms with van der Waals surface area (Å²) in [6.45, 7) is 0. The summed E-state index contributed by atoms with van der Waals surface area (Å²) >= 11 is 0. The van der Waals surface area contributed by atoms with E-state index in [0.717, 1.165) is 32.1 Å². The number of anilines is 1. The van der Waals surface area contributed by atoms with Crippen molar-refractivity contribution in [2.75, 3.05) is 11.6 Å². The number of hydrogen-bond donors (Lipinski definition) is 2. The van der Waals surface area contributed by atoms with Crippen molar-refractivity contribution < 1.29 is 9.00 Å². The van der Waals surface area contributed by atoms with Crippen molar-refractivity contribution in [3.05, 3.63) is 24.3 Å². The van der Waals surface area contributed by atoms with Gasteiger partial charge in [0, 0.05) is 27.6 Å². The fraction of sp³-hybridized carbons (Fsp3) is 0.500. The SMILES string of the molecule is CS(=O)c1cccc(NC(=O)C2(N)CCCCC2)c1.Cl. The maximum absolute atomic E-state index is 12.3. The minimum absolute atomic E-state index is 0. The van der Waals surface area contributed by atoms with E-state index in [4.69, 9.17) is 5.73 Å². The molecular weight excluding hydrogens is 296 g/mol. The van der Waals surface area contributed by atoms with Crippen LogP contribution in [0.5, 0.6) is 0 Å². The van der Waals surface area contributed by atoms with Crippen molar-refractivity contribution in [1.29, 1.82) is 0 Å². The molecule has 1 atom stereocenters. The number of rotatable bonds is 3. The Morgan fingerprint density at radius 1 is 1.30 bits per heavy atom. The zero-order valence-electron chi connectivity index (χ0n) is 11.6. The Hall–Kier alpha value is -0.910. The number of nitrogens with one attached hydrogen (secondary N) is 1. The molecule has 0 spiro atoms. The third kappa shape index (κ3) is 4.04. The van der Waals surface area contributed by atoms with Crippen molar-refractivity contribution in [3.8, 4) is 0 Å². The predicted molar refractivity (Wildman–Crippen MR) is 84.7 cm³/mol. The Bertz CT molecular complexity index is 502. The van der Waals surface area contributed by atoms with E-state index in [2.05, 4.69) is 5.32 Å². The van der Waals surface area contributed by atoms with Crippen molar-refractivity contribution in [2.24, 2.45) is 5.73 Å². The van der Waals surface area contributed by atoms with Crippen LogP contribution in [0.3, 0.4) is 0 Å². The number of nitrogens with two attached hydrogens (primary N) is 1. The van der Waals surface area contributed by atoms with E-state index in [9.17, 15) is 9.00 Å². The minimum Gasteiger partial charge on any atom is -0.324 e.